The lowest BCUT2D eigenvalue weighted by atomic mass is 9.97. The smallest absolute Gasteiger partial charge is 0.358 e. The van der Waals surface area contributed by atoms with Gasteiger partial charge in [0.1, 0.15) is 6.33 Å². The van der Waals surface area contributed by atoms with Crippen molar-refractivity contribution in [3.8, 4) is 18.0 Å². The summed E-state index contributed by atoms with van der Waals surface area (Å²) in [7, 11) is 0. The van der Waals surface area contributed by atoms with E-state index in [1.54, 1.807) is 36.4 Å². The number of nitrogens with zero attached hydrogens (tertiary/aromatic N) is 3. The number of esters is 1. The summed E-state index contributed by atoms with van der Waals surface area (Å²) in [6.45, 7) is 2.68. The van der Waals surface area contributed by atoms with Gasteiger partial charge in [-0.05, 0) is 31.5 Å². The van der Waals surface area contributed by atoms with Gasteiger partial charge in [-0.15, -0.1) is 6.42 Å². The molecule has 0 spiro atoms. The second-order valence-corrected chi connectivity index (χ2v) is 5.75. The minimum absolute atomic E-state index is 0.0724. The Hall–Kier alpha value is -3.07. The molecule has 6 nitrogen and oxygen atoms in total. The number of carbonyl (C=O) groups excluding carboxylic acids is 2. The van der Waals surface area contributed by atoms with Crippen LogP contribution in [0.25, 0.3) is 5.69 Å². The van der Waals surface area contributed by atoms with Crippen LogP contribution in [0.1, 0.15) is 51.5 Å². The van der Waals surface area contributed by atoms with Crippen molar-refractivity contribution in [3.63, 3.8) is 0 Å². The summed E-state index contributed by atoms with van der Waals surface area (Å²) in [6, 6.07) is 5.13. The van der Waals surface area contributed by atoms with Gasteiger partial charge in [0.25, 0.3) is 5.91 Å². The van der Waals surface area contributed by atoms with Crippen LogP contribution in [0, 0.1) is 12.3 Å². The van der Waals surface area contributed by atoms with Crippen molar-refractivity contribution < 1.29 is 14.3 Å². The molecular formula is C18H15N3O3. The maximum Gasteiger partial charge on any atom is 0.358 e. The molecule has 4 rings (SSSR count). The van der Waals surface area contributed by atoms with Crippen molar-refractivity contribution in [1.82, 2.24) is 14.5 Å². The molecule has 2 aliphatic rings. The Balaban J connectivity index is 1.94. The lowest BCUT2D eigenvalue weighted by molar-refractivity contribution is 0.0428. The Kier molecular flexibility index (Phi) is 3.17. The molecule has 1 atom stereocenters. The van der Waals surface area contributed by atoms with Crippen LogP contribution < -0.4 is 0 Å². The molecule has 0 bridgehead atoms. The van der Waals surface area contributed by atoms with Gasteiger partial charge in [0.2, 0.25) is 0 Å². The highest BCUT2D eigenvalue weighted by Crippen LogP contribution is 2.41. The Morgan fingerprint density at radius 1 is 1.50 bits per heavy atom. The Labute approximate surface area is 139 Å². The average Bonchev–Trinajstić information content (AvgIpc) is 2.95. The minimum atomic E-state index is -0.464. The predicted molar refractivity (Wildman–Crippen MR) is 85.9 cm³/mol. The van der Waals surface area contributed by atoms with Crippen LogP contribution in [-0.2, 0) is 4.74 Å². The van der Waals surface area contributed by atoms with E-state index in [2.05, 4.69) is 10.9 Å². The number of imidazole rings is 1. The molecule has 6 heteroatoms. The number of rotatable bonds is 2. The van der Waals surface area contributed by atoms with Crippen LogP contribution in [0.2, 0.25) is 0 Å². The van der Waals surface area contributed by atoms with Crippen molar-refractivity contribution in [2.75, 3.05) is 13.2 Å². The first kappa shape index (κ1) is 14.5. The second-order valence-electron chi connectivity index (χ2n) is 5.75. The van der Waals surface area contributed by atoms with Gasteiger partial charge in [0, 0.05) is 12.1 Å². The van der Waals surface area contributed by atoms with Crippen molar-refractivity contribution in [2.45, 2.75) is 19.4 Å². The van der Waals surface area contributed by atoms with Gasteiger partial charge in [-0.1, -0.05) is 5.92 Å². The van der Waals surface area contributed by atoms with Gasteiger partial charge in [-0.25, -0.2) is 9.78 Å². The first-order valence-corrected chi connectivity index (χ1v) is 7.82. The van der Waals surface area contributed by atoms with E-state index in [0.717, 1.165) is 6.42 Å². The third-order valence-electron chi connectivity index (χ3n) is 4.52. The van der Waals surface area contributed by atoms with Crippen LogP contribution in [0.5, 0.6) is 0 Å². The number of hydrogen-bond donors (Lipinski definition) is 0. The molecule has 0 saturated carbocycles. The Morgan fingerprint density at radius 3 is 3.00 bits per heavy atom. The third-order valence-corrected chi connectivity index (χ3v) is 4.52. The summed E-state index contributed by atoms with van der Waals surface area (Å²) in [5.74, 6) is 2.02. The van der Waals surface area contributed by atoms with E-state index in [-0.39, 0.29) is 24.2 Å². The molecule has 0 unspecified atom stereocenters. The molecule has 2 aliphatic heterocycles. The van der Waals surface area contributed by atoms with Gasteiger partial charge >= 0.3 is 5.97 Å². The van der Waals surface area contributed by atoms with E-state index in [1.165, 1.54) is 0 Å². The fourth-order valence-corrected chi connectivity index (χ4v) is 3.30. The number of terminal acetylenes is 1. The number of aromatic nitrogens is 2. The summed E-state index contributed by atoms with van der Waals surface area (Å²) >= 11 is 0. The number of amides is 1. The van der Waals surface area contributed by atoms with E-state index >= 15 is 0 Å². The molecule has 1 fully saturated rings. The van der Waals surface area contributed by atoms with Crippen molar-refractivity contribution in [2.24, 2.45) is 0 Å². The molecule has 24 heavy (non-hydrogen) atoms. The highest BCUT2D eigenvalue weighted by atomic mass is 16.5. The fraction of sp³-hybridized carbons (Fsp3) is 0.278. The van der Waals surface area contributed by atoms with Crippen LogP contribution in [0.4, 0.5) is 0 Å². The Bertz CT molecular complexity index is 907. The number of hydrogen-bond acceptors (Lipinski definition) is 4. The Morgan fingerprint density at radius 2 is 2.33 bits per heavy atom. The van der Waals surface area contributed by atoms with Crippen molar-refractivity contribution in [3.05, 3.63) is 47.0 Å². The monoisotopic (exact) mass is 321 g/mol. The highest BCUT2D eigenvalue weighted by Gasteiger charge is 2.42. The largest absolute Gasteiger partial charge is 0.461 e. The van der Waals surface area contributed by atoms with E-state index in [9.17, 15) is 9.59 Å². The molecule has 1 aromatic carbocycles. The zero-order valence-corrected chi connectivity index (χ0v) is 13.2. The SMILES string of the molecule is C#Cc1ccc2c(c1)C(=O)N1CC[C@H]1c1c(C(=O)OCC)ncn1-2. The van der Waals surface area contributed by atoms with E-state index < -0.39 is 5.97 Å². The van der Waals surface area contributed by atoms with Crippen LogP contribution in [0.3, 0.4) is 0 Å². The molecule has 1 aromatic heterocycles. The molecular weight excluding hydrogens is 306 g/mol. The zero-order valence-electron chi connectivity index (χ0n) is 13.2. The van der Waals surface area contributed by atoms with Crippen LogP contribution in [-0.4, -0.2) is 39.5 Å². The van der Waals surface area contributed by atoms with E-state index in [0.29, 0.717) is 29.1 Å². The molecule has 1 amide bonds. The second kappa shape index (κ2) is 5.24. The van der Waals surface area contributed by atoms with Crippen molar-refractivity contribution in [1.29, 1.82) is 0 Å². The summed E-state index contributed by atoms with van der Waals surface area (Å²) < 4.78 is 6.92. The summed E-state index contributed by atoms with van der Waals surface area (Å²) in [5.41, 5.74) is 2.84. The number of benzene rings is 1. The molecule has 1 saturated heterocycles. The van der Waals surface area contributed by atoms with Gasteiger partial charge < -0.3 is 9.64 Å². The number of fused-ring (bicyclic) bond motifs is 5. The minimum Gasteiger partial charge on any atom is -0.461 e. The van der Waals surface area contributed by atoms with Gasteiger partial charge in [0.05, 0.1) is 29.6 Å². The normalized spacial score (nSPS) is 17.8. The lowest BCUT2D eigenvalue weighted by Gasteiger charge is -2.39. The van der Waals surface area contributed by atoms with E-state index in [1.807, 2.05) is 4.57 Å². The zero-order chi connectivity index (χ0) is 16.8. The lowest BCUT2D eigenvalue weighted by Crippen LogP contribution is -2.45. The summed E-state index contributed by atoms with van der Waals surface area (Å²) in [6.07, 6.45) is 7.83. The van der Waals surface area contributed by atoms with Gasteiger partial charge in [-0.3, -0.25) is 9.36 Å². The van der Waals surface area contributed by atoms with Gasteiger partial charge in [-0.2, -0.15) is 0 Å². The fourth-order valence-electron chi connectivity index (χ4n) is 3.30. The van der Waals surface area contributed by atoms with Crippen LogP contribution in [0.15, 0.2) is 24.5 Å². The summed E-state index contributed by atoms with van der Waals surface area (Å²) in [4.78, 5) is 31.1. The first-order valence-electron chi connectivity index (χ1n) is 7.82. The van der Waals surface area contributed by atoms with E-state index in [4.69, 9.17) is 11.2 Å². The first-order chi connectivity index (χ1) is 11.7. The van der Waals surface area contributed by atoms with Gasteiger partial charge in [0.15, 0.2) is 5.69 Å². The molecule has 0 N–H and O–H groups in total. The topological polar surface area (TPSA) is 64.4 Å². The number of carbonyl (C=O) groups is 2. The molecule has 2 aromatic rings. The maximum absolute atomic E-state index is 12.8. The molecule has 0 aliphatic carbocycles. The maximum atomic E-state index is 12.8. The van der Waals surface area contributed by atoms with Crippen LogP contribution >= 0.6 is 0 Å². The number of ether oxygens (including phenoxy) is 1. The quantitative estimate of drug-likeness (QED) is 0.626. The van der Waals surface area contributed by atoms with Crippen molar-refractivity contribution >= 4 is 11.9 Å². The molecule has 0 radical (unpaired) electrons. The molecule has 3 heterocycles. The third kappa shape index (κ3) is 1.88. The molecule has 120 valence electrons. The summed E-state index contributed by atoms with van der Waals surface area (Å²) in [5, 5.41) is 0. The highest BCUT2D eigenvalue weighted by molar-refractivity contribution is 6.00. The average molecular weight is 321 g/mol. The standard InChI is InChI=1S/C18H15N3O3/c1-3-11-5-6-13-12(9-11)17(22)20-8-7-14(20)16-15(18(23)24-4-2)19-10-21(13)16/h1,5-6,9-10,14H,4,7-8H2,2H3/t14-/m0/s1. The predicted octanol–water partition coefficient (Wildman–Crippen LogP) is 1.93.